The molecule has 4 nitrogen and oxygen atoms in total. The summed E-state index contributed by atoms with van der Waals surface area (Å²) in [7, 11) is -3.56. The first-order valence-electron chi connectivity index (χ1n) is 4.31. The number of hydrogen-bond acceptors (Lipinski definition) is 3. The van der Waals surface area contributed by atoms with Gasteiger partial charge in [-0.2, -0.15) is 0 Å². The predicted molar refractivity (Wildman–Crippen MR) is 58.9 cm³/mol. The fourth-order valence-electron chi connectivity index (χ4n) is 1.41. The quantitative estimate of drug-likeness (QED) is 0.770. The number of amides is 1. The zero-order valence-corrected chi connectivity index (χ0v) is 9.70. The molecule has 1 aromatic carbocycles. The lowest BCUT2D eigenvalue weighted by Crippen LogP contribution is -2.10. The molecule has 0 saturated carbocycles. The van der Waals surface area contributed by atoms with E-state index in [4.69, 9.17) is 0 Å². The van der Waals surface area contributed by atoms with E-state index >= 15 is 0 Å². The van der Waals surface area contributed by atoms with E-state index in [-0.39, 0.29) is 41.1 Å². The molecule has 0 aliphatic carbocycles. The molecule has 0 spiro atoms. The average molecular weight is 266 g/mol. The second-order valence-electron chi connectivity index (χ2n) is 3.26. The standard InChI is InChI=1S/C9H8FNO3S.ClH/c10-6-1-2-7-8(5-6)15(13,14)4-3-9(12)11-7;/h1-2,5H,3-4H2,(H,11,12);1H. The van der Waals surface area contributed by atoms with Gasteiger partial charge in [0.25, 0.3) is 0 Å². The zero-order valence-electron chi connectivity index (χ0n) is 8.07. The minimum atomic E-state index is -3.56. The van der Waals surface area contributed by atoms with E-state index in [1.807, 2.05) is 0 Å². The Balaban J connectivity index is 0.00000128. The van der Waals surface area contributed by atoms with Crippen LogP contribution in [0.3, 0.4) is 0 Å². The van der Waals surface area contributed by atoms with E-state index in [0.717, 1.165) is 12.1 Å². The van der Waals surface area contributed by atoms with Gasteiger partial charge in [0.05, 0.1) is 16.3 Å². The number of fused-ring (bicyclic) bond motifs is 1. The van der Waals surface area contributed by atoms with Gasteiger partial charge in [-0.1, -0.05) is 0 Å². The van der Waals surface area contributed by atoms with E-state index in [9.17, 15) is 17.6 Å². The van der Waals surface area contributed by atoms with Gasteiger partial charge in [-0.25, -0.2) is 12.8 Å². The van der Waals surface area contributed by atoms with Crippen LogP contribution in [0.4, 0.5) is 10.1 Å². The third-order valence-corrected chi connectivity index (χ3v) is 3.90. The van der Waals surface area contributed by atoms with Gasteiger partial charge < -0.3 is 5.32 Å². The Morgan fingerprint density at radius 1 is 1.31 bits per heavy atom. The SMILES string of the molecule is Cl.O=C1CCS(=O)(=O)c2cc(F)ccc2N1. The fourth-order valence-corrected chi connectivity index (χ4v) is 2.83. The van der Waals surface area contributed by atoms with Gasteiger partial charge >= 0.3 is 0 Å². The Morgan fingerprint density at radius 2 is 2.00 bits per heavy atom. The number of carbonyl (C=O) groups excluding carboxylic acids is 1. The van der Waals surface area contributed by atoms with Crippen LogP contribution in [0.1, 0.15) is 6.42 Å². The molecule has 1 aliphatic rings. The van der Waals surface area contributed by atoms with Crippen molar-refractivity contribution < 1.29 is 17.6 Å². The van der Waals surface area contributed by atoms with Crippen LogP contribution >= 0.6 is 12.4 Å². The Kier molecular flexibility index (Phi) is 3.54. The molecule has 0 aromatic heterocycles. The van der Waals surface area contributed by atoms with Gasteiger partial charge in [0.1, 0.15) is 5.82 Å². The molecule has 0 bridgehead atoms. The normalized spacial score (nSPS) is 17.7. The van der Waals surface area contributed by atoms with Crippen molar-refractivity contribution in [3.63, 3.8) is 0 Å². The molecular weight excluding hydrogens is 257 g/mol. The molecule has 0 unspecified atom stereocenters. The van der Waals surface area contributed by atoms with Crippen molar-refractivity contribution >= 4 is 33.8 Å². The highest BCUT2D eigenvalue weighted by Crippen LogP contribution is 2.26. The molecule has 1 aromatic rings. The molecule has 0 saturated heterocycles. The number of halogens is 2. The van der Waals surface area contributed by atoms with Crippen molar-refractivity contribution in [3.05, 3.63) is 24.0 Å². The summed E-state index contributed by atoms with van der Waals surface area (Å²) in [6.07, 6.45) is -0.0986. The molecule has 1 aliphatic heterocycles. The summed E-state index contributed by atoms with van der Waals surface area (Å²) in [5, 5.41) is 2.42. The smallest absolute Gasteiger partial charge is 0.225 e. The summed E-state index contributed by atoms with van der Waals surface area (Å²) in [4.78, 5) is 11.0. The number of hydrogen-bond donors (Lipinski definition) is 1. The molecule has 1 heterocycles. The third kappa shape index (κ3) is 2.33. The molecule has 1 N–H and O–H groups in total. The highest BCUT2D eigenvalue weighted by Gasteiger charge is 2.25. The number of carbonyl (C=O) groups is 1. The van der Waals surface area contributed by atoms with Gasteiger partial charge in [0.15, 0.2) is 9.84 Å². The lowest BCUT2D eigenvalue weighted by Gasteiger charge is -2.05. The van der Waals surface area contributed by atoms with Gasteiger partial charge in [-0.15, -0.1) is 12.4 Å². The van der Waals surface area contributed by atoms with Crippen LogP contribution in [0.15, 0.2) is 23.1 Å². The van der Waals surface area contributed by atoms with Crippen molar-refractivity contribution in [2.45, 2.75) is 11.3 Å². The average Bonchev–Trinajstić information content (AvgIpc) is 2.27. The monoisotopic (exact) mass is 265 g/mol. The van der Waals surface area contributed by atoms with Crippen LogP contribution in [0, 0.1) is 5.82 Å². The highest BCUT2D eigenvalue weighted by molar-refractivity contribution is 7.91. The van der Waals surface area contributed by atoms with Crippen LogP contribution in [0.5, 0.6) is 0 Å². The van der Waals surface area contributed by atoms with Crippen LogP contribution in [0.2, 0.25) is 0 Å². The van der Waals surface area contributed by atoms with Gasteiger partial charge in [-0.3, -0.25) is 4.79 Å². The van der Waals surface area contributed by atoms with Gasteiger partial charge in [-0.05, 0) is 18.2 Å². The van der Waals surface area contributed by atoms with Crippen molar-refractivity contribution in [1.29, 1.82) is 0 Å². The van der Waals surface area contributed by atoms with Gasteiger partial charge in [0.2, 0.25) is 5.91 Å². The van der Waals surface area contributed by atoms with Crippen LogP contribution in [-0.4, -0.2) is 20.1 Å². The van der Waals surface area contributed by atoms with E-state index in [0.29, 0.717) is 0 Å². The molecule has 0 fully saturated rings. The topological polar surface area (TPSA) is 63.2 Å². The Labute approximate surface area is 98.2 Å². The molecule has 88 valence electrons. The first-order chi connectivity index (χ1) is 6.99. The summed E-state index contributed by atoms with van der Waals surface area (Å²) in [6.45, 7) is 0. The Hall–Kier alpha value is -1.14. The lowest BCUT2D eigenvalue weighted by atomic mass is 10.3. The summed E-state index contributed by atoms with van der Waals surface area (Å²) in [6, 6.07) is 3.29. The maximum absolute atomic E-state index is 12.9. The molecule has 2 rings (SSSR count). The first kappa shape index (κ1) is 12.9. The summed E-state index contributed by atoms with van der Waals surface area (Å²) >= 11 is 0. The maximum Gasteiger partial charge on any atom is 0.225 e. The minimum absolute atomic E-state index is 0. The number of benzene rings is 1. The predicted octanol–water partition coefficient (Wildman–Crippen LogP) is 1.36. The lowest BCUT2D eigenvalue weighted by molar-refractivity contribution is -0.115. The van der Waals surface area contributed by atoms with Crippen LogP contribution < -0.4 is 5.32 Å². The second-order valence-corrected chi connectivity index (χ2v) is 5.34. The molecular formula is C9H9ClFNO3S. The fraction of sp³-hybridized carbons (Fsp3) is 0.222. The number of anilines is 1. The van der Waals surface area contributed by atoms with Crippen LogP contribution in [0.25, 0.3) is 0 Å². The third-order valence-electron chi connectivity index (χ3n) is 2.15. The first-order valence-corrected chi connectivity index (χ1v) is 5.96. The molecule has 7 heteroatoms. The summed E-state index contributed by atoms with van der Waals surface area (Å²) in [5.41, 5.74) is 0.152. The Bertz CT molecular complexity index is 530. The zero-order chi connectivity index (χ0) is 11.1. The van der Waals surface area contributed by atoms with E-state index < -0.39 is 15.7 Å². The Morgan fingerprint density at radius 3 is 2.69 bits per heavy atom. The number of sulfone groups is 1. The second kappa shape index (κ2) is 4.39. The minimum Gasteiger partial charge on any atom is -0.325 e. The summed E-state index contributed by atoms with van der Waals surface area (Å²) < 4.78 is 36.2. The maximum atomic E-state index is 12.9. The molecule has 0 atom stereocenters. The van der Waals surface area contributed by atoms with Crippen LogP contribution in [-0.2, 0) is 14.6 Å². The number of nitrogens with one attached hydrogen (secondary N) is 1. The van der Waals surface area contributed by atoms with Crippen molar-refractivity contribution in [2.24, 2.45) is 0 Å². The van der Waals surface area contributed by atoms with E-state index in [1.54, 1.807) is 0 Å². The highest BCUT2D eigenvalue weighted by atomic mass is 35.5. The molecule has 0 radical (unpaired) electrons. The van der Waals surface area contributed by atoms with E-state index in [2.05, 4.69) is 5.32 Å². The largest absolute Gasteiger partial charge is 0.325 e. The number of rotatable bonds is 0. The van der Waals surface area contributed by atoms with Crippen molar-refractivity contribution in [3.8, 4) is 0 Å². The molecule has 16 heavy (non-hydrogen) atoms. The van der Waals surface area contributed by atoms with Crippen molar-refractivity contribution in [2.75, 3.05) is 11.1 Å². The molecule has 1 amide bonds. The van der Waals surface area contributed by atoms with Gasteiger partial charge in [0, 0.05) is 6.42 Å². The summed E-state index contributed by atoms with van der Waals surface area (Å²) in [5.74, 6) is -1.28. The van der Waals surface area contributed by atoms with Crippen molar-refractivity contribution in [1.82, 2.24) is 0 Å². The van der Waals surface area contributed by atoms with E-state index in [1.165, 1.54) is 6.07 Å².